The number of unbranched alkanes of at least 4 members (excludes halogenated alkanes) is 9. The molecule has 0 atom stereocenters. The monoisotopic (exact) mass is 318 g/mol. The van der Waals surface area contributed by atoms with E-state index in [1.54, 1.807) is 14.2 Å². The molecule has 0 bridgehead atoms. The fourth-order valence-electron chi connectivity index (χ4n) is 2.56. The highest BCUT2D eigenvalue weighted by atomic mass is 28.4. The maximum Gasteiger partial charge on any atom is 0.500 e. The van der Waals surface area contributed by atoms with Crippen molar-refractivity contribution in [2.24, 2.45) is 0 Å². The fraction of sp³-hybridized carbons (Fsp3) is 1.00. The molecule has 0 N–H and O–H groups in total. The third-order valence-electron chi connectivity index (χ3n) is 3.98. The van der Waals surface area contributed by atoms with Crippen LogP contribution in [0.15, 0.2) is 0 Å². The molecule has 0 aromatic rings. The first-order valence-corrected chi connectivity index (χ1v) is 10.9. The third kappa shape index (κ3) is 11.3. The highest BCUT2D eigenvalue weighted by Crippen LogP contribution is 2.19. The molecule has 128 valence electrons. The molecule has 0 aliphatic rings. The van der Waals surface area contributed by atoms with Crippen molar-refractivity contribution in [2.45, 2.75) is 90.5 Å². The Kier molecular flexibility index (Phi) is 15.1. The van der Waals surface area contributed by atoms with Gasteiger partial charge in [0.1, 0.15) is 0 Å². The average molecular weight is 319 g/mol. The Morgan fingerprint density at radius 3 is 1.52 bits per heavy atom. The minimum Gasteiger partial charge on any atom is -0.377 e. The van der Waals surface area contributed by atoms with Gasteiger partial charge in [0.15, 0.2) is 0 Å². The largest absolute Gasteiger partial charge is 0.500 e. The Bertz CT molecular complexity index is 208. The van der Waals surface area contributed by atoms with Crippen molar-refractivity contribution in [3.05, 3.63) is 0 Å². The van der Waals surface area contributed by atoms with Gasteiger partial charge in [-0.2, -0.15) is 0 Å². The second-order valence-corrected chi connectivity index (χ2v) is 8.84. The van der Waals surface area contributed by atoms with Crippen LogP contribution in [0.25, 0.3) is 0 Å². The van der Waals surface area contributed by atoms with E-state index in [1.165, 1.54) is 57.8 Å². The molecule has 0 aromatic carbocycles. The van der Waals surface area contributed by atoms with E-state index in [1.807, 2.05) is 0 Å². The third-order valence-corrected chi connectivity index (χ3v) is 6.84. The first-order valence-electron chi connectivity index (χ1n) is 8.99. The smallest absolute Gasteiger partial charge is 0.377 e. The molecule has 4 heteroatoms. The summed E-state index contributed by atoms with van der Waals surface area (Å²) < 4.78 is 17.0. The van der Waals surface area contributed by atoms with Gasteiger partial charge in [0.2, 0.25) is 0 Å². The van der Waals surface area contributed by atoms with Crippen LogP contribution in [-0.4, -0.2) is 29.6 Å². The van der Waals surface area contributed by atoms with Crippen LogP contribution in [0.2, 0.25) is 6.04 Å². The molecular weight excluding hydrogens is 280 g/mol. The van der Waals surface area contributed by atoms with Gasteiger partial charge < -0.3 is 13.3 Å². The molecule has 0 saturated carbocycles. The summed E-state index contributed by atoms with van der Waals surface area (Å²) in [6.45, 7) is 5.13. The van der Waals surface area contributed by atoms with Gasteiger partial charge in [-0.25, -0.2) is 0 Å². The van der Waals surface area contributed by atoms with Crippen LogP contribution in [0.4, 0.5) is 0 Å². The van der Waals surface area contributed by atoms with Gasteiger partial charge >= 0.3 is 8.80 Å². The van der Waals surface area contributed by atoms with E-state index in [0.29, 0.717) is 0 Å². The molecule has 0 aliphatic carbocycles. The predicted octanol–water partition coefficient (Wildman–Crippen LogP) is 5.57. The van der Waals surface area contributed by atoms with E-state index in [2.05, 4.69) is 13.8 Å². The summed E-state index contributed by atoms with van der Waals surface area (Å²) in [5.74, 6) is 0. The minimum atomic E-state index is -2.35. The van der Waals surface area contributed by atoms with E-state index in [4.69, 9.17) is 13.3 Å². The zero-order valence-electron chi connectivity index (χ0n) is 14.9. The zero-order chi connectivity index (χ0) is 15.8. The molecular formula is C17H38O3Si. The Labute approximate surface area is 134 Å². The van der Waals surface area contributed by atoms with Gasteiger partial charge in [-0.15, -0.1) is 0 Å². The van der Waals surface area contributed by atoms with Crippen LogP contribution in [0.1, 0.15) is 84.5 Å². The Morgan fingerprint density at radius 1 is 0.619 bits per heavy atom. The first-order chi connectivity index (χ1) is 10.2. The van der Waals surface area contributed by atoms with E-state index in [-0.39, 0.29) is 0 Å². The predicted molar refractivity (Wildman–Crippen MR) is 92.7 cm³/mol. The summed E-state index contributed by atoms with van der Waals surface area (Å²) in [5.41, 5.74) is 0. The minimum absolute atomic E-state index is 0.742. The van der Waals surface area contributed by atoms with Gasteiger partial charge in [0.05, 0.1) is 0 Å². The quantitative estimate of drug-likeness (QED) is 0.275. The zero-order valence-corrected chi connectivity index (χ0v) is 15.9. The van der Waals surface area contributed by atoms with Gasteiger partial charge in [-0.3, -0.25) is 0 Å². The fourth-order valence-corrected chi connectivity index (χ4v) is 4.72. The maximum absolute atomic E-state index is 5.85. The van der Waals surface area contributed by atoms with Crippen molar-refractivity contribution < 1.29 is 13.3 Å². The van der Waals surface area contributed by atoms with Crippen molar-refractivity contribution >= 4 is 8.80 Å². The summed E-state index contributed by atoms with van der Waals surface area (Å²) in [5, 5.41) is 0. The average Bonchev–Trinajstić information content (AvgIpc) is 2.52. The molecule has 0 unspecified atom stereocenters. The van der Waals surface area contributed by atoms with E-state index in [0.717, 1.165) is 25.5 Å². The Balaban J connectivity index is 3.53. The Morgan fingerprint density at radius 2 is 1.10 bits per heavy atom. The first kappa shape index (κ1) is 21.1. The van der Waals surface area contributed by atoms with Crippen molar-refractivity contribution in [3.63, 3.8) is 0 Å². The summed E-state index contributed by atoms with van der Waals surface area (Å²) in [7, 11) is 1.09. The van der Waals surface area contributed by atoms with Crippen LogP contribution < -0.4 is 0 Å². The van der Waals surface area contributed by atoms with Gasteiger partial charge in [-0.05, 0) is 12.8 Å². The van der Waals surface area contributed by atoms with Crippen LogP contribution in [0.3, 0.4) is 0 Å². The van der Waals surface area contributed by atoms with E-state index < -0.39 is 8.80 Å². The second kappa shape index (κ2) is 15.0. The molecule has 0 spiro atoms. The standard InChI is InChI=1S/C17H38O3Si/c1-5-7-8-9-10-11-12-13-14-15-17-21(18-3,19-4)20-16-6-2/h5-17H2,1-4H3. The van der Waals surface area contributed by atoms with Crippen LogP contribution in [0, 0.1) is 0 Å². The molecule has 0 heterocycles. The van der Waals surface area contributed by atoms with Crippen LogP contribution in [-0.2, 0) is 13.3 Å². The van der Waals surface area contributed by atoms with Crippen molar-refractivity contribution in [3.8, 4) is 0 Å². The van der Waals surface area contributed by atoms with Gasteiger partial charge in [-0.1, -0.05) is 71.6 Å². The molecule has 0 rings (SSSR count). The van der Waals surface area contributed by atoms with Crippen LogP contribution in [0.5, 0.6) is 0 Å². The number of hydrogen-bond acceptors (Lipinski definition) is 3. The molecule has 3 nitrogen and oxygen atoms in total. The maximum atomic E-state index is 5.85. The molecule has 21 heavy (non-hydrogen) atoms. The van der Waals surface area contributed by atoms with Gasteiger partial charge in [0, 0.05) is 26.9 Å². The summed E-state index contributed by atoms with van der Waals surface area (Å²) >= 11 is 0. The van der Waals surface area contributed by atoms with E-state index >= 15 is 0 Å². The van der Waals surface area contributed by atoms with Crippen molar-refractivity contribution in [1.82, 2.24) is 0 Å². The van der Waals surface area contributed by atoms with Gasteiger partial charge in [0.25, 0.3) is 0 Å². The summed E-state index contributed by atoms with van der Waals surface area (Å²) in [4.78, 5) is 0. The number of hydrogen-bond donors (Lipinski definition) is 0. The molecule has 0 fully saturated rings. The van der Waals surface area contributed by atoms with Crippen molar-refractivity contribution in [2.75, 3.05) is 20.8 Å². The van der Waals surface area contributed by atoms with Crippen LogP contribution >= 0.6 is 0 Å². The molecule has 0 aliphatic heterocycles. The second-order valence-electron chi connectivity index (χ2n) is 5.87. The summed E-state index contributed by atoms with van der Waals surface area (Å²) in [6.07, 6.45) is 14.5. The lowest BCUT2D eigenvalue weighted by atomic mass is 10.1. The SMILES string of the molecule is CCCCCCCCCCCC[Si](OC)(OC)OCCC. The number of rotatable bonds is 16. The normalized spacial score (nSPS) is 12.0. The molecule has 0 amide bonds. The van der Waals surface area contributed by atoms with Crippen molar-refractivity contribution in [1.29, 1.82) is 0 Å². The lowest BCUT2D eigenvalue weighted by Crippen LogP contribution is -2.43. The summed E-state index contributed by atoms with van der Waals surface area (Å²) in [6, 6.07) is 0.955. The highest BCUT2D eigenvalue weighted by Gasteiger charge is 2.37. The lowest BCUT2D eigenvalue weighted by Gasteiger charge is -2.26. The molecule has 0 saturated heterocycles. The highest BCUT2D eigenvalue weighted by molar-refractivity contribution is 6.60. The molecule has 0 aromatic heterocycles. The Hall–Kier alpha value is 0.0969. The molecule has 0 radical (unpaired) electrons. The van der Waals surface area contributed by atoms with E-state index in [9.17, 15) is 0 Å². The topological polar surface area (TPSA) is 27.7 Å². The lowest BCUT2D eigenvalue weighted by molar-refractivity contribution is 0.0975.